The first-order valence-corrected chi connectivity index (χ1v) is 7.87. The van der Waals surface area contributed by atoms with E-state index in [1.807, 2.05) is 32.0 Å². The average Bonchev–Trinajstić information content (AvgIpc) is 2.45. The maximum Gasteiger partial charge on any atom is 0.146 e. The molecule has 0 fully saturated rings. The van der Waals surface area contributed by atoms with Crippen LogP contribution < -0.4 is 0 Å². The summed E-state index contributed by atoms with van der Waals surface area (Å²) in [6.07, 6.45) is 0.224. The lowest BCUT2D eigenvalue weighted by Gasteiger charge is -2.25. The number of ether oxygens (including phenoxy) is 2. The van der Waals surface area contributed by atoms with Gasteiger partial charge in [-0.05, 0) is 48.8 Å². The molecule has 1 aromatic carbocycles. The van der Waals surface area contributed by atoms with Gasteiger partial charge in [0.1, 0.15) is 6.79 Å². The van der Waals surface area contributed by atoms with Crippen LogP contribution in [-0.4, -0.2) is 19.0 Å². The Morgan fingerprint density at radius 1 is 1.32 bits per heavy atom. The number of methoxy groups -OCH3 is 1. The van der Waals surface area contributed by atoms with Crippen molar-refractivity contribution < 1.29 is 14.6 Å². The zero-order valence-electron chi connectivity index (χ0n) is 14.6. The summed E-state index contributed by atoms with van der Waals surface area (Å²) < 4.78 is 10.3. The smallest absolute Gasteiger partial charge is 0.146 e. The van der Waals surface area contributed by atoms with Crippen LogP contribution >= 0.6 is 0 Å². The van der Waals surface area contributed by atoms with E-state index in [4.69, 9.17) is 9.47 Å². The van der Waals surface area contributed by atoms with E-state index in [1.54, 1.807) is 7.11 Å². The fourth-order valence-corrected chi connectivity index (χ4v) is 2.87. The molecule has 0 saturated carbocycles. The summed E-state index contributed by atoms with van der Waals surface area (Å²) in [6, 6.07) is 6.00. The second-order valence-electron chi connectivity index (χ2n) is 6.33. The van der Waals surface area contributed by atoms with Crippen molar-refractivity contribution in [3.63, 3.8) is 0 Å². The molecule has 0 bridgehead atoms. The van der Waals surface area contributed by atoms with Crippen molar-refractivity contribution in [1.82, 2.24) is 0 Å². The molecule has 1 aromatic rings. The van der Waals surface area contributed by atoms with Crippen LogP contribution in [0.3, 0.4) is 0 Å². The topological polar surface area (TPSA) is 38.7 Å². The minimum absolute atomic E-state index is 0.275. The summed E-state index contributed by atoms with van der Waals surface area (Å²) in [6.45, 7) is 13.3. The van der Waals surface area contributed by atoms with Gasteiger partial charge in [-0.2, -0.15) is 0 Å². The molecule has 3 heteroatoms. The maximum atomic E-state index is 10.7. The van der Waals surface area contributed by atoms with Gasteiger partial charge in [-0.3, -0.25) is 0 Å². The van der Waals surface area contributed by atoms with Crippen molar-refractivity contribution in [3.05, 3.63) is 47.0 Å². The van der Waals surface area contributed by atoms with Crippen LogP contribution in [0.1, 0.15) is 50.0 Å². The molecule has 0 aliphatic heterocycles. The van der Waals surface area contributed by atoms with Gasteiger partial charge in [-0.1, -0.05) is 44.2 Å². The Morgan fingerprint density at radius 2 is 2.00 bits per heavy atom. The van der Waals surface area contributed by atoms with Gasteiger partial charge in [0.05, 0.1) is 12.7 Å². The normalized spacial score (nSPS) is 14.1. The Kier molecular flexibility index (Phi) is 7.80. The highest BCUT2D eigenvalue weighted by molar-refractivity contribution is 5.35. The van der Waals surface area contributed by atoms with Crippen molar-refractivity contribution in [2.75, 3.05) is 13.9 Å². The number of hydrogen-bond acceptors (Lipinski definition) is 3. The van der Waals surface area contributed by atoms with Gasteiger partial charge in [0.2, 0.25) is 0 Å². The van der Waals surface area contributed by atoms with Crippen LogP contribution in [0.5, 0.6) is 0 Å². The van der Waals surface area contributed by atoms with Gasteiger partial charge in [0.15, 0.2) is 0 Å². The second-order valence-corrected chi connectivity index (χ2v) is 6.33. The van der Waals surface area contributed by atoms with Crippen molar-refractivity contribution in [3.8, 4) is 0 Å². The fourth-order valence-electron chi connectivity index (χ4n) is 2.87. The molecule has 124 valence electrons. The molecule has 1 N–H and O–H groups in total. The minimum Gasteiger partial charge on any atom is -0.388 e. The molecule has 0 heterocycles. The van der Waals surface area contributed by atoms with E-state index < -0.39 is 6.10 Å². The highest BCUT2D eigenvalue weighted by Gasteiger charge is 2.21. The molecule has 2 atom stereocenters. The highest BCUT2D eigenvalue weighted by atomic mass is 16.7. The molecule has 1 rings (SSSR count). The number of rotatable bonds is 9. The van der Waals surface area contributed by atoms with Gasteiger partial charge < -0.3 is 14.6 Å². The van der Waals surface area contributed by atoms with Crippen molar-refractivity contribution >= 4 is 0 Å². The van der Waals surface area contributed by atoms with Crippen LogP contribution in [0.4, 0.5) is 0 Å². The number of aliphatic hydroxyl groups is 1. The number of benzene rings is 1. The van der Waals surface area contributed by atoms with Crippen molar-refractivity contribution in [2.24, 2.45) is 11.8 Å². The summed E-state index contributed by atoms with van der Waals surface area (Å²) >= 11 is 0. The summed E-state index contributed by atoms with van der Waals surface area (Å²) in [4.78, 5) is 0. The van der Waals surface area contributed by atoms with E-state index in [9.17, 15) is 5.11 Å². The van der Waals surface area contributed by atoms with Gasteiger partial charge >= 0.3 is 0 Å². The van der Waals surface area contributed by atoms with Crippen LogP contribution in [0, 0.1) is 18.8 Å². The number of hydrogen-bond donors (Lipinski definition) is 1. The molecule has 2 unspecified atom stereocenters. The van der Waals surface area contributed by atoms with E-state index in [0.717, 1.165) is 22.3 Å². The van der Waals surface area contributed by atoms with Crippen LogP contribution in [-0.2, 0) is 16.1 Å². The molecular weight excluding hydrogens is 276 g/mol. The molecule has 0 spiro atoms. The van der Waals surface area contributed by atoms with Crippen LogP contribution in [0.2, 0.25) is 0 Å². The first-order valence-electron chi connectivity index (χ1n) is 7.87. The van der Waals surface area contributed by atoms with Gasteiger partial charge in [-0.15, -0.1) is 0 Å². The molecule has 0 saturated heterocycles. The Labute approximate surface area is 135 Å². The predicted molar refractivity (Wildman–Crippen MR) is 90.6 cm³/mol. The molecular formula is C19H30O3. The number of allylic oxidation sites excluding steroid dienone is 1. The monoisotopic (exact) mass is 306 g/mol. The largest absolute Gasteiger partial charge is 0.388 e. The van der Waals surface area contributed by atoms with E-state index in [1.165, 1.54) is 0 Å². The lowest BCUT2D eigenvalue weighted by atomic mass is 9.83. The summed E-state index contributed by atoms with van der Waals surface area (Å²) in [7, 11) is 1.61. The Bertz CT molecular complexity index is 480. The van der Waals surface area contributed by atoms with Gasteiger partial charge in [0, 0.05) is 7.11 Å². The molecule has 3 nitrogen and oxygen atoms in total. The summed E-state index contributed by atoms with van der Waals surface area (Å²) in [5, 5.41) is 10.7. The Morgan fingerprint density at radius 3 is 2.55 bits per heavy atom. The number of aliphatic hydroxyl groups excluding tert-OH is 1. The molecule has 0 radical (unpaired) electrons. The third-order valence-corrected chi connectivity index (χ3v) is 4.22. The van der Waals surface area contributed by atoms with Crippen LogP contribution in [0.25, 0.3) is 0 Å². The lowest BCUT2D eigenvalue weighted by molar-refractivity contribution is -0.0392. The lowest BCUT2D eigenvalue weighted by Crippen LogP contribution is -2.15. The third-order valence-electron chi connectivity index (χ3n) is 4.22. The molecule has 0 aliphatic rings. The Balaban J connectivity index is 2.86. The maximum absolute atomic E-state index is 10.7. The van der Waals surface area contributed by atoms with Gasteiger partial charge in [0.25, 0.3) is 0 Å². The summed E-state index contributed by atoms with van der Waals surface area (Å²) in [5.74, 6) is 0.795. The van der Waals surface area contributed by atoms with Crippen LogP contribution in [0.15, 0.2) is 30.4 Å². The molecule has 22 heavy (non-hydrogen) atoms. The third kappa shape index (κ3) is 5.24. The predicted octanol–water partition coefficient (Wildman–Crippen LogP) is 4.39. The zero-order chi connectivity index (χ0) is 16.7. The average molecular weight is 306 g/mol. The van der Waals surface area contributed by atoms with E-state index in [0.29, 0.717) is 24.9 Å². The molecule has 0 aromatic heterocycles. The Hall–Kier alpha value is -1.16. The molecule has 0 aliphatic carbocycles. The van der Waals surface area contributed by atoms with E-state index in [2.05, 4.69) is 20.4 Å². The van der Waals surface area contributed by atoms with E-state index in [-0.39, 0.29) is 6.79 Å². The van der Waals surface area contributed by atoms with Crippen molar-refractivity contribution in [1.29, 1.82) is 0 Å². The zero-order valence-corrected chi connectivity index (χ0v) is 14.6. The summed E-state index contributed by atoms with van der Waals surface area (Å²) in [5.41, 5.74) is 4.29. The first kappa shape index (κ1) is 18.9. The first-order chi connectivity index (χ1) is 10.4. The second kappa shape index (κ2) is 9.09. The fraction of sp³-hybridized carbons (Fsp3) is 0.579. The van der Waals surface area contributed by atoms with Crippen molar-refractivity contribution in [2.45, 2.75) is 46.8 Å². The minimum atomic E-state index is -0.480. The SMILES string of the molecule is C=C(C)C(CC(O)c1cccc(COCOC)c1C)C(C)C. The van der Waals surface area contributed by atoms with E-state index >= 15 is 0 Å². The van der Waals surface area contributed by atoms with Gasteiger partial charge in [-0.25, -0.2) is 0 Å². The quantitative estimate of drug-likeness (QED) is 0.418. The standard InChI is InChI=1S/C19H30O3/c1-13(2)18(14(3)4)10-19(20)17-9-7-8-16(15(17)5)11-22-12-21-6/h7-9,14,18-20H,1,10-12H2,2-6H3. The molecule has 0 amide bonds. The highest BCUT2D eigenvalue weighted by Crippen LogP contribution is 2.32.